The fourth-order valence-electron chi connectivity index (χ4n) is 6.77. The van der Waals surface area contributed by atoms with Gasteiger partial charge >= 0.3 is 14.6 Å². The van der Waals surface area contributed by atoms with Gasteiger partial charge in [-0.05, 0) is 19.3 Å². The van der Waals surface area contributed by atoms with E-state index in [1.807, 2.05) is 0 Å². The van der Waals surface area contributed by atoms with Crippen molar-refractivity contribution in [3.63, 3.8) is 0 Å². The second-order valence-electron chi connectivity index (χ2n) is 11.6. The Labute approximate surface area is 261 Å². The van der Waals surface area contributed by atoms with Gasteiger partial charge in [0.15, 0.2) is 28.9 Å². The lowest BCUT2D eigenvalue weighted by Gasteiger charge is -2.30. The summed E-state index contributed by atoms with van der Waals surface area (Å²) in [6, 6.07) is -0.751. The van der Waals surface area contributed by atoms with Crippen molar-refractivity contribution in [2.75, 3.05) is 18.9 Å². The number of phosphoric acid groups is 1. The molecule has 2 aliphatic carbocycles. The number of nitrogen functional groups attached to an aromatic ring is 1. The number of aliphatic hydroxyl groups is 2. The first-order chi connectivity index (χ1) is 21.8. The number of aromatic amines is 1. The molecule has 2 saturated carbocycles. The summed E-state index contributed by atoms with van der Waals surface area (Å²) in [7, 11) is -5.01. The molecule has 4 aliphatic rings. The molecule has 24 heteroatoms. The lowest BCUT2D eigenvalue weighted by atomic mass is 10.0. The number of rotatable bonds is 2. The second kappa shape index (κ2) is 10.3. The monoisotopic (exact) mass is 700 g/mol. The fourth-order valence-corrected chi connectivity index (χ4v) is 9.30. The number of nitrogens with one attached hydrogen (secondary N) is 1. The molecule has 4 fully saturated rings. The topological polar surface area (TPSA) is 287 Å². The molecule has 246 valence electrons. The van der Waals surface area contributed by atoms with Crippen molar-refractivity contribution >= 4 is 55.0 Å². The van der Waals surface area contributed by atoms with Crippen molar-refractivity contribution in [2.45, 2.75) is 56.1 Å². The van der Waals surface area contributed by atoms with Gasteiger partial charge in [0.2, 0.25) is 0 Å². The predicted molar refractivity (Wildman–Crippen MR) is 154 cm³/mol. The molecule has 2 bridgehead atoms. The molecule has 21 nitrogen and oxygen atoms in total. The summed E-state index contributed by atoms with van der Waals surface area (Å²) in [6.45, 7) is -3.88. The molecule has 11 atom stereocenters. The molecule has 6 N–H and O–H groups in total. The lowest BCUT2D eigenvalue weighted by molar-refractivity contribution is -0.0641. The average Bonchev–Trinajstić information content (AvgIpc) is 3.26. The Kier molecular flexibility index (Phi) is 6.82. The summed E-state index contributed by atoms with van der Waals surface area (Å²) in [5, 5.41) is 30.4. The SMILES string of the molecule is Cc1nc2c(nnn2[C@@H]2O[C@@H]3CO[P@@](=O)(S)O[C@H]4[C@@H](O)[C@H](n5cnc6c(N)ncnc65)[C@H]5C[C@]54COP(=O)(O)O[C@@H]2[C@@H]3O)c(=O)[nH]1. The highest BCUT2D eigenvalue weighted by Gasteiger charge is 2.74. The molecule has 2 saturated heterocycles. The van der Waals surface area contributed by atoms with Crippen LogP contribution < -0.4 is 11.3 Å². The second-order valence-corrected chi connectivity index (χ2v) is 15.9. The number of nitrogens with two attached hydrogens (primary N) is 1. The van der Waals surface area contributed by atoms with Gasteiger partial charge in [0.05, 0.1) is 25.6 Å². The van der Waals surface area contributed by atoms with Crippen molar-refractivity contribution in [1.82, 2.24) is 44.5 Å². The zero-order valence-electron chi connectivity index (χ0n) is 23.5. The number of hydrogen-bond acceptors (Lipinski definition) is 17. The fraction of sp³-hybridized carbons (Fsp3) is 0.591. The molecule has 0 amide bonds. The van der Waals surface area contributed by atoms with Gasteiger partial charge in [-0.2, -0.15) is 4.68 Å². The van der Waals surface area contributed by atoms with Crippen molar-refractivity contribution in [2.24, 2.45) is 11.3 Å². The van der Waals surface area contributed by atoms with E-state index in [1.165, 1.54) is 19.6 Å². The number of thiol groups is 1. The molecular formula is C22H26N10O11P2S. The number of H-pyrrole nitrogens is 1. The molecule has 8 rings (SSSR count). The van der Waals surface area contributed by atoms with Crippen molar-refractivity contribution < 1.29 is 47.1 Å². The number of phosphoric ester groups is 1. The number of aliphatic hydroxyl groups excluding tert-OH is 2. The third-order valence-corrected chi connectivity index (χ3v) is 11.5. The van der Waals surface area contributed by atoms with Gasteiger partial charge in [-0.3, -0.25) is 22.9 Å². The molecular weight excluding hydrogens is 674 g/mol. The summed E-state index contributed by atoms with van der Waals surface area (Å²) in [4.78, 5) is 42.4. The first-order valence-corrected chi connectivity index (χ1v) is 18.1. The van der Waals surface area contributed by atoms with Gasteiger partial charge in [-0.25, -0.2) is 29.1 Å². The lowest BCUT2D eigenvalue weighted by Crippen LogP contribution is -2.37. The largest absolute Gasteiger partial charge is 0.472 e. The number of hydrogen-bond donors (Lipinski definition) is 6. The van der Waals surface area contributed by atoms with E-state index < -0.39 is 87.5 Å². The van der Waals surface area contributed by atoms with Crippen LogP contribution in [0.1, 0.15) is 24.5 Å². The Balaban J connectivity index is 1.14. The molecule has 46 heavy (non-hydrogen) atoms. The number of aryl methyl sites for hydroxylation is 1. The van der Waals surface area contributed by atoms with E-state index in [0.717, 1.165) is 4.68 Å². The highest BCUT2D eigenvalue weighted by Crippen LogP contribution is 2.73. The third kappa shape index (κ3) is 4.66. The van der Waals surface area contributed by atoms with Crippen molar-refractivity contribution in [1.29, 1.82) is 0 Å². The van der Waals surface area contributed by atoms with Gasteiger partial charge in [0.1, 0.15) is 48.2 Å². The molecule has 1 unspecified atom stereocenters. The van der Waals surface area contributed by atoms with Gasteiger partial charge in [-0.15, -0.1) is 5.10 Å². The van der Waals surface area contributed by atoms with Crippen LogP contribution in [-0.4, -0.2) is 103 Å². The molecule has 6 heterocycles. The minimum Gasteiger partial charge on any atom is -0.388 e. The predicted octanol–water partition coefficient (Wildman–Crippen LogP) is -0.619. The summed E-state index contributed by atoms with van der Waals surface area (Å²) in [5.41, 5.74) is 4.62. The van der Waals surface area contributed by atoms with Crippen molar-refractivity contribution in [3.8, 4) is 0 Å². The van der Waals surface area contributed by atoms with Crippen LogP contribution in [-0.2, 0) is 32.0 Å². The maximum Gasteiger partial charge on any atom is 0.472 e. The minimum atomic E-state index is -5.01. The van der Waals surface area contributed by atoms with E-state index in [-0.39, 0.29) is 22.8 Å². The molecule has 0 radical (unpaired) electrons. The Bertz CT molecular complexity index is 2040. The Hall–Kier alpha value is -2.88. The van der Waals surface area contributed by atoms with Crippen LogP contribution in [0.25, 0.3) is 22.3 Å². The Morgan fingerprint density at radius 1 is 1.13 bits per heavy atom. The van der Waals surface area contributed by atoms with E-state index in [9.17, 15) is 29.0 Å². The van der Waals surface area contributed by atoms with Gasteiger partial charge in [-0.1, -0.05) is 17.5 Å². The standard InChI is InChI=1S/C22H26N10O11P2S/c1-7-27-19-11(20(35)28-7)29-30-32(19)21-15-13(33)9(41-21)3-39-45(38,46)43-16-14(34)12(8-2-22(8,16)4-40-44(36,37)42-15)31-6-26-10-17(23)24-5-25-18(10)31/h5-6,8-9,12-16,21,33-34H,2-4H2,1H3,(H,36,37)(H,38,46)(H2,23,24,25)(H,27,28,35)/t8-,9-,12-,13-,14+,15-,16+,21-,22+,45-/m1/s1. The maximum absolute atomic E-state index is 13.6. The number of anilines is 1. The zero-order valence-corrected chi connectivity index (χ0v) is 26.2. The van der Waals surface area contributed by atoms with Crippen LogP contribution >= 0.6 is 26.9 Å². The number of imidazole rings is 1. The van der Waals surface area contributed by atoms with Gasteiger partial charge in [0.25, 0.3) is 5.56 Å². The van der Waals surface area contributed by atoms with Crippen LogP contribution in [0, 0.1) is 18.3 Å². The normalized spacial score (nSPS) is 41.1. The molecule has 2 aliphatic heterocycles. The Morgan fingerprint density at radius 3 is 2.74 bits per heavy atom. The van der Waals surface area contributed by atoms with E-state index in [4.69, 9.17) is 28.6 Å². The van der Waals surface area contributed by atoms with Crippen LogP contribution in [0.4, 0.5) is 5.82 Å². The summed E-state index contributed by atoms with van der Waals surface area (Å²) in [6.07, 6.45) is -5.74. The van der Waals surface area contributed by atoms with Crippen LogP contribution in [0.2, 0.25) is 0 Å². The summed E-state index contributed by atoms with van der Waals surface area (Å²) < 4.78 is 57.8. The van der Waals surface area contributed by atoms with Crippen LogP contribution in [0.5, 0.6) is 0 Å². The molecule has 4 aromatic heterocycles. The smallest absolute Gasteiger partial charge is 0.388 e. The summed E-state index contributed by atoms with van der Waals surface area (Å²) >= 11 is 4.13. The quantitative estimate of drug-likeness (QED) is 0.112. The molecule has 4 aromatic rings. The molecule has 1 spiro atoms. The number of fused-ring (bicyclic) bond motifs is 4. The number of aromatic nitrogens is 9. The maximum atomic E-state index is 13.6. The van der Waals surface area contributed by atoms with Crippen LogP contribution in [0.15, 0.2) is 17.4 Å². The molecule has 0 aromatic carbocycles. The third-order valence-electron chi connectivity index (χ3n) is 8.93. The van der Waals surface area contributed by atoms with E-state index in [2.05, 4.69) is 47.5 Å². The Morgan fingerprint density at radius 2 is 1.93 bits per heavy atom. The minimum absolute atomic E-state index is 0.0563. The summed E-state index contributed by atoms with van der Waals surface area (Å²) in [5.74, 6) is -0.0936. The van der Waals surface area contributed by atoms with Crippen molar-refractivity contribution in [3.05, 3.63) is 28.8 Å². The van der Waals surface area contributed by atoms with Gasteiger partial charge < -0.3 is 35.1 Å². The van der Waals surface area contributed by atoms with Crippen LogP contribution in [0.3, 0.4) is 0 Å². The average molecular weight is 701 g/mol. The first-order valence-electron chi connectivity index (χ1n) is 13.9. The van der Waals surface area contributed by atoms with E-state index in [1.54, 1.807) is 4.57 Å². The zero-order chi connectivity index (χ0) is 32.3. The number of nitrogens with zero attached hydrogens (tertiary/aromatic N) is 8. The van der Waals surface area contributed by atoms with Gasteiger partial charge in [0, 0.05) is 5.41 Å². The highest BCUT2D eigenvalue weighted by molar-refractivity contribution is 8.44. The number of ether oxygens (including phenoxy) is 1. The van der Waals surface area contributed by atoms with E-state index >= 15 is 0 Å². The highest BCUT2D eigenvalue weighted by atomic mass is 32.7. The van der Waals surface area contributed by atoms with E-state index in [0.29, 0.717) is 17.6 Å². The first kappa shape index (κ1) is 30.5.